The number of methoxy groups -OCH3 is 1. The summed E-state index contributed by atoms with van der Waals surface area (Å²) in [7, 11) is 1.69. The molecule has 0 fully saturated rings. The Morgan fingerprint density at radius 1 is 1.05 bits per heavy atom. The Morgan fingerprint density at radius 3 is 2.50 bits per heavy atom. The van der Waals surface area contributed by atoms with Gasteiger partial charge in [-0.3, -0.25) is 0 Å². The van der Waals surface area contributed by atoms with Gasteiger partial charge in [-0.25, -0.2) is 0 Å². The van der Waals surface area contributed by atoms with Gasteiger partial charge in [-0.15, -0.1) is 0 Å². The zero-order chi connectivity index (χ0) is 15.6. The predicted octanol–water partition coefficient (Wildman–Crippen LogP) is 3.03. The van der Waals surface area contributed by atoms with Gasteiger partial charge in [0, 0.05) is 12.1 Å². The van der Waals surface area contributed by atoms with Crippen molar-refractivity contribution in [2.24, 2.45) is 0 Å². The molecule has 0 radical (unpaired) electrons. The lowest BCUT2D eigenvalue weighted by molar-refractivity contribution is 0.282. The number of aliphatic hydroxyl groups excluding tert-OH is 1. The first-order valence-electron chi connectivity index (χ1n) is 7.52. The first kappa shape index (κ1) is 16.3. The molecular formula is C19H23NO2. The van der Waals surface area contributed by atoms with Crippen LogP contribution in [0.25, 0.3) is 6.08 Å². The van der Waals surface area contributed by atoms with Crippen LogP contribution in [0, 0.1) is 0 Å². The molecule has 0 bridgehead atoms. The molecule has 3 nitrogen and oxygen atoms in total. The van der Waals surface area contributed by atoms with Crippen LogP contribution in [0.3, 0.4) is 0 Å². The van der Waals surface area contributed by atoms with E-state index in [1.807, 2.05) is 36.4 Å². The van der Waals surface area contributed by atoms with Gasteiger partial charge in [0.1, 0.15) is 5.75 Å². The molecule has 0 atom stereocenters. The smallest absolute Gasteiger partial charge is 0.126 e. The summed E-state index contributed by atoms with van der Waals surface area (Å²) < 4.78 is 5.31. The SMILES string of the molecule is COc1ccccc1/C=C/CNCCc1ccc(CO)cc1. The van der Waals surface area contributed by atoms with Gasteiger partial charge in [-0.05, 0) is 30.2 Å². The third kappa shape index (κ3) is 5.02. The van der Waals surface area contributed by atoms with Crippen LogP contribution >= 0.6 is 0 Å². The van der Waals surface area contributed by atoms with E-state index in [1.165, 1.54) is 5.56 Å². The van der Waals surface area contributed by atoms with E-state index in [2.05, 4.69) is 29.6 Å². The monoisotopic (exact) mass is 297 g/mol. The van der Waals surface area contributed by atoms with Crippen LogP contribution in [-0.2, 0) is 13.0 Å². The summed E-state index contributed by atoms with van der Waals surface area (Å²) in [6.07, 6.45) is 5.16. The van der Waals surface area contributed by atoms with Crippen LogP contribution in [0.2, 0.25) is 0 Å². The standard InChI is InChI=1S/C19H23NO2/c1-22-19-7-3-2-5-18(19)6-4-13-20-14-12-16-8-10-17(15-21)11-9-16/h2-11,20-21H,12-15H2,1H3/b6-4+. The van der Waals surface area contributed by atoms with Gasteiger partial charge in [0.15, 0.2) is 0 Å². The molecule has 2 aromatic rings. The lowest BCUT2D eigenvalue weighted by Gasteiger charge is -2.05. The fourth-order valence-corrected chi connectivity index (χ4v) is 2.22. The number of hydrogen-bond acceptors (Lipinski definition) is 3. The predicted molar refractivity (Wildman–Crippen MR) is 91.0 cm³/mol. The van der Waals surface area contributed by atoms with Crippen molar-refractivity contribution in [1.82, 2.24) is 5.32 Å². The van der Waals surface area contributed by atoms with E-state index in [-0.39, 0.29) is 6.61 Å². The van der Waals surface area contributed by atoms with Crippen molar-refractivity contribution in [3.05, 3.63) is 71.3 Å². The Kier molecular flexibility index (Phi) is 6.68. The molecule has 0 saturated heterocycles. The summed E-state index contributed by atoms with van der Waals surface area (Å²) in [4.78, 5) is 0. The zero-order valence-corrected chi connectivity index (χ0v) is 13.0. The van der Waals surface area contributed by atoms with E-state index < -0.39 is 0 Å². The maximum absolute atomic E-state index is 9.00. The largest absolute Gasteiger partial charge is 0.496 e. The maximum atomic E-state index is 9.00. The van der Waals surface area contributed by atoms with Crippen molar-refractivity contribution in [3.8, 4) is 5.75 Å². The van der Waals surface area contributed by atoms with Crippen molar-refractivity contribution >= 4 is 6.08 Å². The second kappa shape index (κ2) is 9.03. The van der Waals surface area contributed by atoms with Gasteiger partial charge < -0.3 is 15.2 Å². The zero-order valence-electron chi connectivity index (χ0n) is 13.0. The summed E-state index contributed by atoms with van der Waals surface area (Å²) in [5.41, 5.74) is 3.32. The molecule has 0 aliphatic carbocycles. The Bertz CT molecular complexity index is 591. The summed E-state index contributed by atoms with van der Waals surface area (Å²) in [6.45, 7) is 1.85. The molecule has 2 rings (SSSR count). The maximum Gasteiger partial charge on any atom is 0.126 e. The highest BCUT2D eigenvalue weighted by molar-refractivity contribution is 5.57. The normalized spacial score (nSPS) is 11.0. The highest BCUT2D eigenvalue weighted by Gasteiger charge is 1.96. The molecule has 0 unspecified atom stereocenters. The molecule has 2 aromatic carbocycles. The highest BCUT2D eigenvalue weighted by atomic mass is 16.5. The second-order valence-electron chi connectivity index (χ2n) is 5.07. The number of ether oxygens (including phenoxy) is 1. The fraction of sp³-hybridized carbons (Fsp3) is 0.263. The fourth-order valence-electron chi connectivity index (χ4n) is 2.22. The molecule has 2 N–H and O–H groups in total. The summed E-state index contributed by atoms with van der Waals surface area (Å²) in [5, 5.41) is 12.4. The van der Waals surface area contributed by atoms with Crippen LogP contribution in [0.1, 0.15) is 16.7 Å². The third-order valence-corrected chi connectivity index (χ3v) is 3.49. The molecule has 0 aromatic heterocycles. The summed E-state index contributed by atoms with van der Waals surface area (Å²) >= 11 is 0. The Morgan fingerprint density at radius 2 is 1.77 bits per heavy atom. The number of benzene rings is 2. The Balaban J connectivity index is 1.71. The number of aliphatic hydroxyl groups is 1. The molecule has 0 amide bonds. The molecule has 0 saturated carbocycles. The molecule has 3 heteroatoms. The minimum atomic E-state index is 0.103. The van der Waals surface area contributed by atoms with Crippen LogP contribution < -0.4 is 10.1 Å². The first-order chi connectivity index (χ1) is 10.8. The quantitative estimate of drug-likeness (QED) is 0.736. The van der Waals surface area contributed by atoms with Gasteiger partial charge in [0.2, 0.25) is 0 Å². The van der Waals surface area contributed by atoms with E-state index in [4.69, 9.17) is 9.84 Å². The average molecular weight is 297 g/mol. The van der Waals surface area contributed by atoms with Crippen LogP contribution in [-0.4, -0.2) is 25.3 Å². The summed E-state index contributed by atoms with van der Waals surface area (Å²) in [6, 6.07) is 16.0. The third-order valence-electron chi connectivity index (χ3n) is 3.49. The Labute approximate surface area is 132 Å². The van der Waals surface area contributed by atoms with E-state index >= 15 is 0 Å². The number of hydrogen-bond donors (Lipinski definition) is 2. The van der Waals surface area contributed by atoms with Crippen molar-refractivity contribution in [2.45, 2.75) is 13.0 Å². The summed E-state index contributed by atoms with van der Waals surface area (Å²) in [5.74, 6) is 0.891. The van der Waals surface area contributed by atoms with Gasteiger partial charge in [0.05, 0.1) is 13.7 Å². The first-order valence-corrected chi connectivity index (χ1v) is 7.52. The number of para-hydroxylation sites is 1. The van der Waals surface area contributed by atoms with Gasteiger partial charge in [0.25, 0.3) is 0 Å². The van der Waals surface area contributed by atoms with Crippen molar-refractivity contribution in [3.63, 3.8) is 0 Å². The molecule has 22 heavy (non-hydrogen) atoms. The van der Waals surface area contributed by atoms with Crippen LogP contribution in [0.15, 0.2) is 54.6 Å². The Hall–Kier alpha value is -2.10. The molecule has 116 valence electrons. The van der Waals surface area contributed by atoms with E-state index in [9.17, 15) is 0 Å². The lowest BCUT2D eigenvalue weighted by atomic mass is 10.1. The molecule has 0 heterocycles. The molecule has 0 aliphatic heterocycles. The molecule has 0 aliphatic rings. The van der Waals surface area contributed by atoms with E-state index in [1.54, 1.807) is 7.11 Å². The van der Waals surface area contributed by atoms with Crippen molar-refractivity contribution < 1.29 is 9.84 Å². The number of rotatable bonds is 8. The minimum absolute atomic E-state index is 0.103. The van der Waals surface area contributed by atoms with E-state index in [0.717, 1.165) is 36.4 Å². The van der Waals surface area contributed by atoms with Crippen molar-refractivity contribution in [2.75, 3.05) is 20.2 Å². The minimum Gasteiger partial charge on any atom is -0.496 e. The number of nitrogens with one attached hydrogen (secondary N) is 1. The highest BCUT2D eigenvalue weighted by Crippen LogP contribution is 2.18. The van der Waals surface area contributed by atoms with Crippen LogP contribution in [0.4, 0.5) is 0 Å². The van der Waals surface area contributed by atoms with Gasteiger partial charge in [-0.1, -0.05) is 54.6 Å². The van der Waals surface area contributed by atoms with Crippen molar-refractivity contribution in [1.29, 1.82) is 0 Å². The van der Waals surface area contributed by atoms with E-state index in [0.29, 0.717) is 0 Å². The van der Waals surface area contributed by atoms with Gasteiger partial charge in [-0.2, -0.15) is 0 Å². The van der Waals surface area contributed by atoms with Gasteiger partial charge >= 0.3 is 0 Å². The second-order valence-corrected chi connectivity index (χ2v) is 5.07. The average Bonchev–Trinajstić information content (AvgIpc) is 2.58. The molecular weight excluding hydrogens is 274 g/mol. The molecule has 0 spiro atoms. The lowest BCUT2D eigenvalue weighted by Crippen LogP contribution is -2.16. The topological polar surface area (TPSA) is 41.5 Å². The van der Waals surface area contributed by atoms with Crippen LogP contribution in [0.5, 0.6) is 5.75 Å².